The predicted molar refractivity (Wildman–Crippen MR) is 107 cm³/mol. The first-order valence-corrected chi connectivity index (χ1v) is 9.13. The molecule has 1 atom stereocenters. The van der Waals surface area contributed by atoms with Crippen LogP contribution in [-0.4, -0.2) is 11.7 Å². The van der Waals surface area contributed by atoms with Crippen LogP contribution in [0.15, 0.2) is 53.0 Å². The van der Waals surface area contributed by atoms with Crippen LogP contribution >= 0.6 is 28.1 Å². The second-order valence-electron chi connectivity index (χ2n) is 5.76. The van der Waals surface area contributed by atoms with Gasteiger partial charge >= 0.3 is 0 Å². The van der Waals surface area contributed by atoms with Crippen LogP contribution in [0.5, 0.6) is 0 Å². The molecular formula is C19H23BrN2S. The number of hydrogen-bond acceptors (Lipinski definition) is 1. The number of aryl methyl sites for hydroxylation is 1. The van der Waals surface area contributed by atoms with E-state index < -0.39 is 0 Å². The number of rotatable bonds is 6. The molecule has 122 valence electrons. The van der Waals surface area contributed by atoms with Gasteiger partial charge in [-0.3, -0.25) is 0 Å². The average Bonchev–Trinajstić information content (AvgIpc) is 2.56. The first kappa shape index (κ1) is 18.0. The molecule has 0 fully saturated rings. The Hall–Kier alpha value is -1.39. The largest absolute Gasteiger partial charge is 0.362 e. The van der Waals surface area contributed by atoms with Crippen LogP contribution < -0.4 is 10.6 Å². The quantitative estimate of drug-likeness (QED) is 0.653. The lowest BCUT2D eigenvalue weighted by molar-refractivity contribution is 0.498. The summed E-state index contributed by atoms with van der Waals surface area (Å²) in [6, 6.07) is 16.8. The van der Waals surface area contributed by atoms with E-state index in [0.717, 1.165) is 29.5 Å². The Balaban J connectivity index is 1.83. The molecule has 2 aromatic carbocycles. The van der Waals surface area contributed by atoms with Crippen molar-refractivity contribution in [1.82, 2.24) is 5.32 Å². The summed E-state index contributed by atoms with van der Waals surface area (Å²) in [6.45, 7) is 5.18. The van der Waals surface area contributed by atoms with Gasteiger partial charge in [-0.15, -0.1) is 0 Å². The number of halogens is 1. The van der Waals surface area contributed by atoms with Gasteiger partial charge in [-0.25, -0.2) is 0 Å². The molecule has 23 heavy (non-hydrogen) atoms. The van der Waals surface area contributed by atoms with E-state index in [0.29, 0.717) is 11.0 Å². The molecule has 0 amide bonds. The van der Waals surface area contributed by atoms with Crippen LogP contribution in [0.3, 0.4) is 0 Å². The van der Waals surface area contributed by atoms with Crippen molar-refractivity contribution in [3.63, 3.8) is 0 Å². The van der Waals surface area contributed by atoms with Crippen LogP contribution in [0.4, 0.5) is 5.69 Å². The summed E-state index contributed by atoms with van der Waals surface area (Å²) in [5.41, 5.74) is 3.58. The van der Waals surface area contributed by atoms with E-state index >= 15 is 0 Å². The summed E-state index contributed by atoms with van der Waals surface area (Å²) in [7, 11) is 0. The van der Waals surface area contributed by atoms with Crippen molar-refractivity contribution in [3.05, 3.63) is 64.1 Å². The Morgan fingerprint density at radius 3 is 2.57 bits per heavy atom. The van der Waals surface area contributed by atoms with E-state index in [4.69, 9.17) is 12.2 Å². The fourth-order valence-corrected chi connectivity index (χ4v) is 2.89. The number of hydrogen-bond donors (Lipinski definition) is 2. The van der Waals surface area contributed by atoms with Crippen LogP contribution in [0.1, 0.15) is 24.5 Å². The van der Waals surface area contributed by atoms with Gasteiger partial charge in [-0.05, 0) is 60.8 Å². The second-order valence-corrected chi connectivity index (χ2v) is 7.03. The highest BCUT2D eigenvalue weighted by Gasteiger charge is 2.08. The lowest BCUT2D eigenvalue weighted by Gasteiger charge is -2.18. The van der Waals surface area contributed by atoms with Gasteiger partial charge < -0.3 is 10.6 Å². The zero-order valence-electron chi connectivity index (χ0n) is 13.6. The molecule has 0 heterocycles. The van der Waals surface area contributed by atoms with Crippen molar-refractivity contribution < 1.29 is 0 Å². The van der Waals surface area contributed by atoms with E-state index in [-0.39, 0.29) is 0 Å². The topological polar surface area (TPSA) is 24.1 Å². The van der Waals surface area contributed by atoms with Gasteiger partial charge in [0, 0.05) is 16.7 Å². The van der Waals surface area contributed by atoms with Crippen molar-refractivity contribution in [2.24, 2.45) is 5.92 Å². The molecule has 0 unspecified atom stereocenters. The molecule has 0 bridgehead atoms. The monoisotopic (exact) mass is 390 g/mol. The Morgan fingerprint density at radius 2 is 1.91 bits per heavy atom. The standard InChI is InChI=1S/C19H23BrN2S/c1-3-15(12-16-7-5-4-6-8-16)13-21-19(23)22-17-9-10-18(20)14(2)11-17/h4-11,15H,3,12-13H2,1-2H3,(H2,21,22,23)/t15-/m0/s1. The van der Waals surface area contributed by atoms with Crippen molar-refractivity contribution in [1.29, 1.82) is 0 Å². The Kier molecular flexibility index (Phi) is 7.06. The lowest BCUT2D eigenvalue weighted by Crippen LogP contribution is -2.33. The highest BCUT2D eigenvalue weighted by molar-refractivity contribution is 9.10. The van der Waals surface area contributed by atoms with E-state index in [9.17, 15) is 0 Å². The minimum atomic E-state index is 0.573. The molecule has 0 aliphatic rings. The van der Waals surface area contributed by atoms with Gasteiger partial charge in [0.25, 0.3) is 0 Å². The third-order valence-electron chi connectivity index (χ3n) is 3.91. The summed E-state index contributed by atoms with van der Waals surface area (Å²) in [5, 5.41) is 7.28. The minimum absolute atomic E-state index is 0.573. The molecule has 0 aliphatic carbocycles. The second kappa shape index (κ2) is 9.04. The number of benzene rings is 2. The van der Waals surface area contributed by atoms with Crippen LogP contribution in [0.25, 0.3) is 0 Å². The first-order chi connectivity index (χ1) is 11.1. The van der Waals surface area contributed by atoms with Crippen LogP contribution in [0, 0.1) is 12.8 Å². The molecule has 0 radical (unpaired) electrons. The van der Waals surface area contributed by atoms with E-state index in [2.05, 4.69) is 76.8 Å². The summed E-state index contributed by atoms with van der Waals surface area (Å²) in [4.78, 5) is 0. The zero-order chi connectivity index (χ0) is 16.7. The van der Waals surface area contributed by atoms with Gasteiger partial charge in [-0.2, -0.15) is 0 Å². The molecule has 4 heteroatoms. The number of anilines is 1. The molecule has 2 aromatic rings. The molecule has 0 aliphatic heterocycles. The molecule has 0 spiro atoms. The molecular weight excluding hydrogens is 368 g/mol. The van der Waals surface area contributed by atoms with Crippen molar-refractivity contribution in [3.8, 4) is 0 Å². The molecule has 0 saturated heterocycles. The normalized spacial score (nSPS) is 11.8. The molecule has 0 aromatic heterocycles. The van der Waals surface area contributed by atoms with Crippen LogP contribution in [-0.2, 0) is 6.42 Å². The van der Waals surface area contributed by atoms with Crippen molar-refractivity contribution in [2.75, 3.05) is 11.9 Å². The molecule has 0 saturated carbocycles. The van der Waals surface area contributed by atoms with Crippen molar-refractivity contribution in [2.45, 2.75) is 26.7 Å². The average molecular weight is 391 g/mol. The molecule has 2 N–H and O–H groups in total. The Morgan fingerprint density at radius 1 is 1.17 bits per heavy atom. The van der Waals surface area contributed by atoms with Gasteiger partial charge in [-0.1, -0.05) is 59.6 Å². The fraction of sp³-hybridized carbons (Fsp3) is 0.316. The maximum Gasteiger partial charge on any atom is 0.170 e. The zero-order valence-corrected chi connectivity index (χ0v) is 16.0. The molecule has 2 nitrogen and oxygen atoms in total. The summed E-state index contributed by atoms with van der Waals surface area (Å²) in [5.74, 6) is 0.573. The highest BCUT2D eigenvalue weighted by Crippen LogP contribution is 2.20. The van der Waals surface area contributed by atoms with Gasteiger partial charge in [0.2, 0.25) is 0 Å². The molecule has 2 rings (SSSR count). The fourth-order valence-electron chi connectivity index (χ4n) is 2.44. The summed E-state index contributed by atoms with van der Waals surface area (Å²) < 4.78 is 1.11. The van der Waals surface area contributed by atoms with E-state index in [1.165, 1.54) is 11.1 Å². The highest BCUT2D eigenvalue weighted by atomic mass is 79.9. The first-order valence-electron chi connectivity index (χ1n) is 7.93. The SMILES string of the molecule is CC[C@H](CNC(=S)Nc1ccc(Br)c(C)c1)Cc1ccccc1. The Labute approximate surface area is 152 Å². The number of nitrogens with one attached hydrogen (secondary N) is 2. The van der Waals surface area contributed by atoms with Gasteiger partial charge in [0.05, 0.1) is 0 Å². The lowest BCUT2D eigenvalue weighted by atomic mass is 9.97. The predicted octanol–water partition coefficient (Wildman–Crippen LogP) is 5.31. The third-order valence-corrected chi connectivity index (χ3v) is 5.05. The minimum Gasteiger partial charge on any atom is -0.362 e. The van der Waals surface area contributed by atoms with Crippen LogP contribution in [0.2, 0.25) is 0 Å². The summed E-state index contributed by atoms with van der Waals surface area (Å²) in [6.07, 6.45) is 2.20. The maximum atomic E-state index is 5.41. The maximum absolute atomic E-state index is 5.41. The van der Waals surface area contributed by atoms with Crippen molar-refractivity contribution >= 4 is 38.9 Å². The van der Waals surface area contributed by atoms with E-state index in [1.807, 2.05) is 12.1 Å². The number of thiocarbonyl (C=S) groups is 1. The Bertz CT molecular complexity index is 643. The van der Waals surface area contributed by atoms with E-state index in [1.54, 1.807) is 0 Å². The van der Waals surface area contributed by atoms with Gasteiger partial charge in [0.15, 0.2) is 5.11 Å². The third kappa shape index (κ3) is 5.96. The summed E-state index contributed by atoms with van der Waals surface area (Å²) >= 11 is 8.92. The van der Waals surface area contributed by atoms with Gasteiger partial charge in [0.1, 0.15) is 0 Å². The smallest absolute Gasteiger partial charge is 0.170 e.